The summed E-state index contributed by atoms with van der Waals surface area (Å²) in [6, 6.07) is 19.5. The maximum absolute atomic E-state index is 4.30. The minimum Gasteiger partial charge on any atom is -0.337 e. The molecule has 0 bridgehead atoms. The summed E-state index contributed by atoms with van der Waals surface area (Å²) >= 11 is 2.13. The van der Waals surface area contributed by atoms with Gasteiger partial charge in [-0.05, 0) is 99.3 Å². The van der Waals surface area contributed by atoms with E-state index in [9.17, 15) is 0 Å². The molecule has 4 heteroatoms. The number of nitrogens with one attached hydrogen (secondary N) is 1. The third-order valence-electron chi connectivity index (χ3n) is 13.1. The second-order valence-electron chi connectivity index (χ2n) is 15.6. The fourth-order valence-electron chi connectivity index (χ4n) is 11.0. The Morgan fingerprint density at radius 2 is 1.78 bits per heavy atom. The first kappa shape index (κ1) is 29.0. The van der Waals surface area contributed by atoms with E-state index >= 15 is 0 Å². The number of piperidine rings is 1. The van der Waals surface area contributed by atoms with Crippen LogP contribution in [-0.4, -0.2) is 21.9 Å². The molecule has 246 valence electrons. The van der Waals surface area contributed by atoms with Crippen molar-refractivity contribution in [2.24, 2.45) is 17.8 Å². The Balaban J connectivity index is 0.993. The molecule has 49 heavy (non-hydrogen) atoms. The molecular weight excluding hydrogens is 615 g/mol. The molecule has 0 amide bonds. The van der Waals surface area contributed by atoms with Crippen LogP contribution in [0.2, 0.25) is 0 Å². The Hall–Kier alpha value is -3.73. The number of benzene rings is 2. The second kappa shape index (κ2) is 11.4. The van der Waals surface area contributed by atoms with Crippen molar-refractivity contribution in [3.63, 3.8) is 0 Å². The molecule has 0 spiro atoms. The van der Waals surface area contributed by atoms with Gasteiger partial charge in [0.15, 0.2) is 0 Å². The van der Waals surface area contributed by atoms with E-state index < -0.39 is 0 Å². The second-order valence-corrected chi connectivity index (χ2v) is 16.8. The SMILES string of the molecule is C1=CC2SC3=C(CCc4c3c3ccccc3n4C3CC(C4=CC=C5c6ccccc6N(C6=CCCCC6)C5C4)C4C=CCCC4N3)C2C=C1. The Kier molecular flexibility index (Phi) is 6.76. The third-order valence-corrected chi connectivity index (χ3v) is 14.6. The summed E-state index contributed by atoms with van der Waals surface area (Å²) in [5, 5.41) is 6.31. The molecule has 2 aromatic carbocycles. The number of hydrogen-bond acceptors (Lipinski definition) is 3. The first-order chi connectivity index (χ1) is 24.3. The topological polar surface area (TPSA) is 20.2 Å². The van der Waals surface area contributed by atoms with Crippen molar-refractivity contribution in [1.29, 1.82) is 0 Å². The highest BCUT2D eigenvalue weighted by Gasteiger charge is 2.45. The van der Waals surface area contributed by atoms with Gasteiger partial charge < -0.3 is 9.47 Å². The van der Waals surface area contributed by atoms with E-state index in [-0.39, 0.29) is 0 Å². The van der Waals surface area contributed by atoms with Crippen molar-refractivity contribution in [3.05, 3.63) is 137 Å². The molecule has 1 fully saturated rings. The molecule has 7 atom stereocenters. The van der Waals surface area contributed by atoms with Crippen LogP contribution in [0, 0.1) is 17.8 Å². The Morgan fingerprint density at radius 3 is 2.73 bits per heavy atom. The first-order valence-corrected chi connectivity index (χ1v) is 20.0. The average Bonchev–Trinajstić information content (AvgIpc) is 3.82. The van der Waals surface area contributed by atoms with E-state index in [1.807, 2.05) is 0 Å². The van der Waals surface area contributed by atoms with Crippen LogP contribution in [0.15, 0.2) is 120 Å². The van der Waals surface area contributed by atoms with Crippen LogP contribution in [0.1, 0.15) is 80.8 Å². The Morgan fingerprint density at radius 1 is 0.857 bits per heavy atom. The van der Waals surface area contributed by atoms with Gasteiger partial charge in [0.1, 0.15) is 0 Å². The van der Waals surface area contributed by atoms with Crippen LogP contribution in [0.5, 0.6) is 0 Å². The van der Waals surface area contributed by atoms with E-state index in [1.54, 1.807) is 33.0 Å². The predicted octanol–water partition coefficient (Wildman–Crippen LogP) is 10.7. The number of para-hydroxylation sites is 2. The number of fused-ring (bicyclic) bond motifs is 10. The number of allylic oxidation sites excluding steroid dienone is 9. The van der Waals surface area contributed by atoms with E-state index in [0.717, 1.165) is 19.3 Å². The van der Waals surface area contributed by atoms with Crippen LogP contribution < -0.4 is 10.2 Å². The average molecular weight is 660 g/mol. The summed E-state index contributed by atoms with van der Waals surface area (Å²) in [6.07, 6.45) is 34.5. The monoisotopic (exact) mass is 659 g/mol. The zero-order valence-electron chi connectivity index (χ0n) is 28.2. The molecular formula is C45H45N3S. The fourth-order valence-corrected chi connectivity index (χ4v) is 12.6. The summed E-state index contributed by atoms with van der Waals surface area (Å²) in [7, 11) is 0. The van der Waals surface area contributed by atoms with Gasteiger partial charge in [-0.15, -0.1) is 11.8 Å². The molecule has 1 aromatic heterocycles. The lowest BCUT2D eigenvalue weighted by molar-refractivity contribution is 0.154. The van der Waals surface area contributed by atoms with Crippen molar-refractivity contribution in [3.8, 4) is 0 Å². The van der Waals surface area contributed by atoms with Gasteiger partial charge in [0.2, 0.25) is 0 Å². The van der Waals surface area contributed by atoms with Crippen molar-refractivity contribution >= 4 is 38.8 Å². The van der Waals surface area contributed by atoms with Gasteiger partial charge >= 0.3 is 0 Å². The molecule has 7 unspecified atom stereocenters. The van der Waals surface area contributed by atoms with E-state index in [2.05, 4.69) is 130 Å². The molecule has 0 radical (unpaired) electrons. The number of anilines is 1. The number of rotatable bonds is 3. The van der Waals surface area contributed by atoms with Crippen molar-refractivity contribution in [2.75, 3.05) is 4.90 Å². The van der Waals surface area contributed by atoms with Crippen molar-refractivity contribution in [1.82, 2.24) is 9.88 Å². The lowest BCUT2D eigenvalue weighted by atomic mass is 9.69. The van der Waals surface area contributed by atoms with Gasteiger partial charge in [-0.25, -0.2) is 0 Å². The predicted molar refractivity (Wildman–Crippen MR) is 206 cm³/mol. The van der Waals surface area contributed by atoms with E-state index in [1.165, 1.54) is 72.7 Å². The molecule has 3 nitrogen and oxygen atoms in total. The van der Waals surface area contributed by atoms with Gasteiger partial charge in [-0.1, -0.05) is 96.7 Å². The largest absolute Gasteiger partial charge is 0.337 e. The normalized spacial score (nSPS) is 32.5. The number of hydrogen-bond donors (Lipinski definition) is 1. The summed E-state index contributed by atoms with van der Waals surface area (Å²) < 4.78 is 2.79. The van der Waals surface area contributed by atoms with Crippen LogP contribution >= 0.6 is 11.8 Å². The molecule has 3 aromatic rings. The van der Waals surface area contributed by atoms with Gasteiger partial charge in [0.05, 0.1) is 17.7 Å². The van der Waals surface area contributed by atoms with Crippen LogP contribution in [0.4, 0.5) is 5.69 Å². The van der Waals surface area contributed by atoms with Crippen LogP contribution in [0.3, 0.4) is 0 Å². The summed E-state index contributed by atoms with van der Waals surface area (Å²) in [5.74, 6) is 1.65. The molecule has 8 aliphatic rings. The quantitative estimate of drug-likeness (QED) is 0.283. The summed E-state index contributed by atoms with van der Waals surface area (Å²) in [5.41, 5.74) is 13.8. The highest BCUT2D eigenvalue weighted by Crippen LogP contribution is 2.57. The van der Waals surface area contributed by atoms with Gasteiger partial charge in [0, 0.05) is 55.7 Å². The molecule has 1 N–H and O–H groups in total. The van der Waals surface area contributed by atoms with Gasteiger partial charge in [0.25, 0.3) is 0 Å². The zero-order valence-corrected chi connectivity index (χ0v) is 29.0. The van der Waals surface area contributed by atoms with Crippen molar-refractivity contribution < 1.29 is 0 Å². The van der Waals surface area contributed by atoms with Crippen molar-refractivity contribution in [2.45, 2.75) is 87.7 Å². The molecule has 11 rings (SSSR count). The lowest BCUT2D eigenvalue weighted by Gasteiger charge is -2.46. The maximum atomic E-state index is 4.30. The highest BCUT2D eigenvalue weighted by atomic mass is 32.2. The van der Waals surface area contributed by atoms with E-state index in [4.69, 9.17) is 0 Å². The number of aromatic nitrogens is 1. The minimum atomic E-state index is 0.297. The smallest absolute Gasteiger partial charge is 0.0850 e. The molecule has 3 aliphatic heterocycles. The first-order valence-electron chi connectivity index (χ1n) is 19.1. The Bertz CT molecular complexity index is 2100. The summed E-state index contributed by atoms with van der Waals surface area (Å²) in [6.45, 7) is 0. The standard InChI is InChI=1S/C45H45N3S/c1-2-12-29(13-3-1)47-38-19-9-5-15-31(38)32-23-22-28(26-41(32)47)36-27-43(46-37-18-8-4-14-30(36)37)48-39-20-10-6-17-35(39)44-40(48)25-24-34-33-16-7-11-21-42(33)49-45(34)44/h4-7,9-12,14-17,19-23,30,33,36-37,41-43,46H,1-3,8,13,18,24-27H2. The molecule has 5 aliphatic carbocycles. The van der Waals surface area contributed by atoms with Crippen LogP contribution in [0.25, 0.3) is 21.4 Å². The van der Waals surface area contributed by atoms with Crippen LogP contribution in [-0.2, 0) is 6.42 Å². The van der Waals surface area contributed by atoms with Gasteiger partial charge in [-0.2, -0.15) is 0 Å². The van der Waals surface area contributed by atoms with E-state index in [0.29, 0.717) is 41.3 Å². The minimum absolute atomic E-state index is 0.297. The number of nitrogens with zero attached hydrogens (tertiary/aromatic N) is 2. The molecule has 1 saturated heterocycles. The third kappa shape index (κ3) is 4.39. The Labute approximate surface area is 294 Å². The maximum Gasteiger partial charge on any atom is 0.0850 e. The zero-order chi connectivity index (χ0) is 32.1. The highest BCUT2D eigenvalue weighted by molar-refractivity contribution is 8.09. The number of thioether (sulfide) groups is 1. The summed E-state index contributed by atoms with van der Waals surface area (Å²) in [4.78, 5) is 4.33. The lowest BCUT2D eigenvalue weighted by Crippen LogP contribution is -2.50. The fraction of sp³-hybridized carbons (Fsp3) is 0.378. The van der Waals surface area contributed by atoms with Gasteiger partial charge in [-0.3, -0.25) is 5.32 Å². The molecule has 4 heterocycles. The molecule has 0 saturated carbocycles.